The van der Waals surface area contributed by atoms with Crippen LogP contribution in [-0.2, 0) is 19.1 Å². The van der Waals surface area contributed by atoms with Crippen LogP contribution in [0.4, 0.5) is 0 Å². The number of ketones is 1. The molecular formula is C33H48O8. The molecule has 4 aliphatic rings. The fourth-order valence-corrected chi connectivity index (χ4v) is 8.97. The Balaban J connectivity index is 1.65. The Labute approximate surface area is 244 Å². The van der Waals surface area contributed by atoms with E-state index in [1.54, 1.807) is 25.2 Å². The topological polar surface area (TPSA) is 134 Å². The van der Waals surface area contributed by atoms with Crippen LogP contribution in [0.25, 0.3) is 0 Å². The van der Waals surface area contributed by atoms with E-state index < -0.39 is 46.1 Å². The van der Waals surface area contributed by atoms with Gasteiger partial charge in [0.15, 0.2) is 18.0 Å². The average Bonchev–Trinajstić information content (AvgIpc) is 3.40. The molecule has 0 radical (unpaired) electrons. The number of hydrogen-bond acceptors (Lipinski definition) is 8. The molecule has 0 aliphatic heterocycles. The second-order valence-electron chi connectivity index (χ2n) is 13.2. The molecule has 41 heavy (non-hydrogen) atoms. The van der Waals surface area contributed by atoms with Crippen LogP contribution in [0.3, 0.4) is 0 Å². The van der Waals surface area contributed by atoms with Gasteiger partial charge in [-0.05, 0) is 36.8 Å². The van der Waals surface area contributed by atoms with Gasteiger partial charge in [0.25, 0.3) is 6.47 Å². The largest absolute Gasteiger partial charge is 0.460 e. The second kappa shape index (κ2) is 12.1. The summed E-state index contributed by atoms with van der Waals surface area (Å²) < 4.78 is 11.2. The van der Waals surface area contributed by atoms with Crippen molar-refractivity contribution in [3.05, 3.63) is 23.3 Å². The Kier molecular flexibility index (Phi) is 9.33. The van der Waals surface area contributed by atoms with E-state index in [0.29, 0.717) is 18.5 Å². The van der Waals surface area contributed by atoms with Crippen molar-refractivity contribution in [1.29, 1.82) is 0 Å². The summed E-state index contributed by atoms with van der Waals surface area (Å²) in [4.78, 5) is 26.6. The van der Waals surface area contributed by atoms with Gasteiger partial charge in [0.1, 0.15) is 30.0 Å². The van der Waals surface area contributed by atoms with Gasteiger partial charge in [-0.25, -0.2) is 0 Å². The van der Waals surface area contributed by atoms with Crippen molar-refractivity contribution in [1.82, 2.24) is 0 Å². The number of rotatable bonds is 14. The molecule has 228 valence electrons. The SMILES string of the molecule is CCCCCCCCCCC[C@]1(C)C2C3C=C(COC#CO)[C@@H](O)[C@]4(O)[C@@H](O)C(C)=C[C@@]4(C3=O)[C@H](C)C[C@]21OC=O. The number of aliphatic hydroxyl groups is 4. The van der Waals surface area contributed by atoms with Crippen LogP contribution in [0.2, 0.25) is 0 Å². The van der Waals surface area contributed by atoms with Gasteiger partial charge >= 0.3 is 0 Å². The van der Waals surface area contributed by atoms with E-state index in [0.717, 1.165) is 25.7 Å². The molecule has 0 saturated heterocycles. The normalized spacial score (nSPS) is 40.6. The van der Waals surface area contributed by atoms with E-state index >= 15 is 0 Å². The predicted octanol–water partition coefficient (Wildman–Crippen LogP) is 4.33. The van der Waals surface area contributed by atoms with Gasteiger partial charge in [0, 0.05) is 17.3 Å². The molecule has 2 fully saturated rings. The number of hydrogen-bond donors (Lipinski definition) is 4. The quantitative estimate of drug-likeness (QED) is 0.105. The molecule has 2 unspecified atom stereocenters. The Morgan fingerprint density at radius 3 is 2.32 bits per heavy atom. The molecule has 8 nitrogen and oxygen atoms in total. The van der Waals surface area contributed by atoms with Gasteiger partial charge in [-0.3, -0.25) is 9.59 Å². The maximum atomic E-state index is 14.6. The van der Waals surface area contributed by atoms with Gasteiger partial charge in [0.2, 0.25) is 0 Å². The Morgan fingerprint density at radius 1 is 1.07 bits per heavy atom. The summed E-state index contributed by atoms with van der Waals surface area (Å²) in [6.45, 7) is 7.98. The third-order valence-electron chi connectivity index (χ3n) is 11.1. The fraction of sp³-hybridized carbons (Fsp3) is 0.758. The van der Waals surface area contributed by atoms with Crippen LogP contribution in [0.15, 0.2) is 23.3 Å². The molecule has 0 aromatic carbocycles. The number of aliphatic hydroxyl groups excluding tert-OH is 3. The highest BCUT2D eigenvalue weighted by atomic mass is 16.5. The predicted molar refractivity (Wildman–Crippen MR) is 152 cm³/mol. The zero-order valence-electron chi connectivity index (χ0n) is 25.0. The summed E-state index contributed by atoms with van der Waals surface area (Å²) in [5, 5.41) is 43.8. The van der Waals surface area contributed by atoms with Crippen LogP contribution in [-0.4, -0.2) is 62.7 Å². The van der Waals surface area contributed by atoms with Crippen molar-refractivity contribution in [2.24, 2.45) is 28.6 Å². The van der Waals surface area contributed by atoms with Gasteiger partial charge in [-0.1, -0.05) is 90.7 Å². The Hall–Kier alpha value is -2.34. The van der Waals surface area contributed by atoms with Crippen LogP contribution < -0.4 is 0 Å². The minimum atomic E-state index is -2.24. The molecule has 2 bridgehead atoms. The molecule has 0 aromatic heterocycles. The lowest BCUT2D eigenvalue weighted by atomic mass is 9.58. The monoisotopic (exact) mass is 572 g/mol. The summed E-state index contributed by atoms with van der Waals surface area (Å²) in [5.41, 5.74) is -4.61. The standard InChI is InChI=1S/C33H48O8/c1-5-6-7-8-9-10-11-12-13-14-30(4)26-25-17-24(20-40-16-15-34)28(37)33(39)27(36)22(2)18-31(33,29(25)38)23(3)19-32(26,30)41-21-35/h17-18,21,23,25-28,34,36-37,39H,5-14,19-20H2,1-4H3/t23-,25?,26?,27+,28-,30-,31+,32+,33-/m1/s1. The minimum absolute atomic E-state index is 0.198. The first-order valence-corrected chi connectivity index (χ1v) is 15.4. The lowest BCUT2D eigenvalue weighted by Crippen LogP contribution is -2.65. The number of carbonyl (C=O) groups is 2. The van der Waals surface area contributed by atoms with Crippen LogP contribution >= 0.6 is 0 Å². The van der Waals surface area contributed by atoms with Gasteiger partial charge in [0.05, 0.1) is 5.41 Å². The molecule has 0 heterocycles. The van der Waals surface area contributed by atoms with E-state index in [1.165, 1.54) is 38.5 Å². The second-order valence-corrected chi connectivity index (χ2v) is 13.2. The Bertz CT molecular complexity index is 1120. The lowest BCUT2D eigenvalue weighted by molar-refractivity contribution is -0.191. The number of Topliss-reactive ketones (excluding diaryl/α,β-unsaturated/α-hetero) is 1. The zero-order valence-corrected chi connectivity index (χ0v) is 25.0. The Morgan fingerprint density at radius 2 is 1.71 bits per heavy atom. The summed E-state index contributed by atoms with van der Waals surface area (Å²) in [5.74, 6) is -1.99. The highest BCUT2D eigenvalue weighted by molar-refractivity contribution is 5.95. The number of ether oxygens (including phenoxy) is 2. The van der Waals surface area contributed by atoms with Crippen molar-refractivity contribution in [2.75, 3.05) is 6.61 Å². The van der Waals surface area contributed by atoms with Crippen molar-refractivity contribution < 1.29 is 39.5 Å². The van der Waals surface area contributed by atoms with E-state index in [1.807, 2.05) is 6.92 Å². The molecule has 2 saturated carbocycles. The highest BCUT2D eigenvalue weighted by Crippen LogP contribution is 2.76. The molecule has 8 heteroatoms. The summed E-state index contributed by atoms with van der Waals surface area (Å²) in [7, 11) is 0. The third kappa shape index (κ3) is 4.73. The van der Waals surface area contributed by atoms with Gasteiger partial charge < -0.3 is 29.9 Å². The minimum Gasteiger partial charge on any atom is -0.460 e. The van der Waals surface area contributed by atoms with Gasteiger partial charge in [-0.2, -0.15) is 0 Å². The summed E-state index contributed by atoms with van der Waals surface area (Å²) in [6, 6.07) is 0. The first kappa shape index (κ1) is 31.6. The number of allylic oxidation sites excluding steroid dienone is 1. The molecular weight excluding hydrogens is 524 g/mol. The molecule has 4 rings (SSSR count). The number of carbonyl (C=O) groups excluding carboxylic acids is 2. The van der Waals surface area contributed by atoms with E-state index in [9.17, 15) is 24.9 Å². The molecule has 0 aromatic rings. The average molecular weight is 573 g/mol. The first-order valence-electron chi connectivity index (χ1n) is 15.4. The van der Waals surface area contributed by atoms with Crippen LogP contribution in [0.1, 0.15) is 98.3 Å². The van der Waals surface area contributed by atoms with Crippen LogP contribution in [0, 0.1) is 40.8 Å². The number of fused-ring (bicyclic) bond motifs is 3. The molecule has 0 amide bonds. The van der Waals surface area contributed by atoms with Crippen molar-refractivity contribution in [3.8, 4) is 12.2 Å². The first-order chi connectivity index (χ1) is 19.5. The molecule has 4 aliphatic carbocycles. The summed E-state index contributed by atoms with van der Waals surface area (Å²) >= 11 is 0. The highest BCUT2D eigenvalue weighted by Gasteiger charge is 2.83. The van der Waals surface area contributed by atoms with Crippen LogP contribution in [0.5, 0.6) is 0 Å². The molecule has 9 atom stereocenters. The van der Waals surface area contributed by atoms with E-state index in [4.69, 9.17) is 14.6 Å². The van der Waals surface area contributed by atoms with Crippen molar-refractivity contribution >= 4 is 12.3 Å². The third-order valence-corrected chi connectivity index (χ3v) is 11.1. The maximum Gasteiger partial charge on any atom is 0.293 e. The summed E-state index contributed by atoms with van der Waals surface area (Å²) in [6.07, 6.45) is 15.7. The number of unbranched alkanes of at least 4 members (excludes halogenated alkanes) is 8. The maximum absolute atomic E-state index is 14.6. The van der Waals surface area contributed by atoms with E-state index in [2.05, 4.69) is 20.0 Å². The smallest absolute Gasteiger partial charge is 0.293 e. The van der Waals surface area contributed by atoms with Crippen molar-refractivity contribution in [2.45, 2.75) is 122 Å². The lowest BCUT2D eigenvalue weighted by Gasteiger charge is -2.48. The zero-order chi connectivity index (χ0) is 30.1. The van der Waals surface area contributed by atoms with Crippen molar-refractivity contribution in [3.63, 3.8) is 0 Å². The fourth-order valence-electron chi connectivity index (χ4n) is 8.97. The molecule has 1 spiro atoms. The molecule has 4 N–H and O–H groups in total. The van der Waals surface area contributed by atoms with E-state index in [-0.39, 0.29) is 23.9 Å². The van der Waals surface area contributed by atoms with Gasteiger partial charge in [-0.15, -0.1) is 0 Å².